The van der Waals surface area contributed by atoms with Crippen LogP contribution in [0.25, 0.3) is 33.9 Å². The normalized spacial score (nSPS) is 11.0. The summed E-state index contributed by atoms with van der Waals surface area (Å²) in [6.07, 6.45) is 0. The zero-order valence-corrected chi connectivity index (χ0v) is 11.8. The molecule has 0 unspecified atom stereocenters. The number of ether oxygens (including phenoxy) is 1. The van der Waals surface area contributed by atoms with Crippen LogP contribution in [0.1, 0.15) is 0 Å². The van der Waals surface area contributed by atoms with Gasteiger partial charge in [-0.3, -0.25) is 5.10 Å². The Morgan fingerprint density at radius 3 is 2.68 bits per heavy atom. The Morgan fingerprint density at radius 2 is 1.86 bits per heavy atom. The van der Waals surface area contributed by atoms with Crippen LogP contribution >= 0.6 is 0 Å². The monoisotopic (exact) mass is 292 g/mol. The fourth-order valence-corrected chi connectivity index (χ4v) is 2.30. The van der Waals surface area contributed by atoms with Crippen LogP contribution in [0, 0.1) is 0 Å². The number of aromatic nitrogens is 4. The first-order valence-electron chi connectivity index (χ1n) is 6.77. The van der Waals surface area contributed by atoms with Gasteiger partial charge in [0.15, 0.2) is 5.69 Å². The molecule has 0 atom stereocenters. The first-order chi connectivity index (χ1) is 10.8. The van der Waals surface area contributed by atoms with Crippen molar-refractivity contribution in [2.75, 3.05) is 7.11 Å². The Bertz CT molecular complexity index is 925. The minimum Gasteiger partial charge on any atom is -0.497 e. The van der Waals surface area contributed by atoms with Crippen molar-refractivity contribution in [1.29, 1.82) is 0 Å². The molecule has 6 nitrogen and oxygen atoms in total. The number of benzene rings is 2. The first-order valence-corrected chi connectivity index (χ1v) is 6.77. The maximum atomic E-state index is 5.35. The quantitative estimate of drug-likeness (QED) is 0.627. The average Bonchev–Trinajstić information content (AvgIpc) is 3.21. The number of aromatic amines is 1. The van der Waals surface area contributed by atoms with Gasteiger partial charge < -0.3 is 9.26 Å². The third-order valence-electron chi connectivity index (χ3n) is 3.45. The number of hydrogen-bond acceptors (Lipinski definition) is 5. The van der Waals surface area contributed by atoms with E-state index in [-0.39, 0.29) is 0 Å². The minimum absolute atomic E-state index is 0.392. The highest BCUT2D eigenvalue weighted by molar-refractivity contribution is 5.90. The third-order valence-corrected chi connectivity index (χ3v) is 3.45. The van der Waals surface area contributed by atoms with E-state index in [2.05, 4.69) is 20.3 Å². The zero-order chi connectivity index (χ0) is 14.9. The summed E-state index contributed by atoms with van der Waals surface area (Å²) in [6.45, 7) is 0. The highest BCUT2D eigenvalue weighted by Gasteiger charge is 2.15. The molecule has 0 fully saturated rings. The van der Waals surface area contributed by atoms with E-state index < -0.39 is 0 Å². The van der Waals surface area contributed by atoms with Crippen LogP contribution in [-0.2, 0) is 0 Å². The van der Waals surface area contributed by atoms with E-state index in [9.17, 15) is 0 Å². The number of methoxy groups -OCH3 is 1. The summed E-state index contributed by atoms with van der Waals surface area (Å²) in [5.74, 6) is 1.69. The lowest BCUT2D eigenvalue weighted by atomic mass is 10.2. The van der Waals surface area contributed by atoms with Crippen molar-refractivity contribution in [2.24, 2.45) is 0 Å². The van der Waals surface area contributed by atoms with E-state index in [0.29, 0.717) is 17.4 Å². The number of nitrogens with zero attached hydrogens (tertiary/aromatic N) is 3. The highest BCUT2D eigenvalue weighted by atomic mass is 16.5. The van der Waals surface area contributed by atoms with Gasteiger partial charge in [0.05, 0.1) is 12.6 Å². The SMILES string of the molecule is COc1ccc(-c2noc(-c3n[nH]c4ccccc34)n2)cc1. The number of fused-ring (bicyclic) bond motifs is 1. The van der Waals surface area contributed by atoms with Gasteiger partial charge in [-0.2, -0.15) is 10.1 Å². The molecule has 0 amide bonds. The summed E-state index contributed by atoms with van der Waals surface area (Å²) in [5.41, 5.74) is 2.44. The van der Waals surface area contributed by atoms with E-state index in [0.717, 1.165) is 22.2 Å². The van der Waals surface area contributed by atoms with Gasteiger partial charge in [0.25, 0.3) is 5.89 Å². The van der Waals surface area contributed by atoms with E-state index in [1.54, 1.807) is 7.11 Å². The van der Waals surface area contributed by atoms with Gasteiger partial charge >= 0.3 is 0 Å². The number of rotatable bonds is 3. The Kier molecular flexibility index (Phi) is 2.86. The molecule has 2 aromatic heterocycles. The molecule has 2 heterocycles. The fourth-order valence-electron chi connectivity index (χ4n) is 2.30. The molecule has 0 aliphatic heterocycles. The molecule has 1 N–H and O–H groups in total. The molecule has 0 aliphatic rings. The van der Waals surface area contributed by atoms with Gasteiger partial charge in [-0.05, 0) is 30.3 Å². The lowest BCUT2D eigenvalue weighted by molar-refractivity contribution is 0.414. The highest BCUT2D eigenvalue weighted by Crippen LogP contribution is 2.27. The fraction of sp³-hybridized carbons (Fsp3) is 0.0625. The van der Waals surface area contributed by atoms with Crippen LogP contribution in [0.3, 0.4) is 0 Å². The van der Waals surface area contributed by atoms with E-state index in [1.165, 1.54) is 0 Å². The van der Waals surface area contributed by atoms with Crippen LogP contribution in [0.15, 0.2) is 53.1 Å². The summed E-state index contributed by atoms with van der Waals surface area (Å²) in [6, 6.07) is 15.3. The van der Waals surface area contributed by atoms with E-state index >= 15 is 0 Å². The van der Waals surface area contributed by atoms with Crippen molar-refractivity contribution < 1.29 is 9.26 Å². The number of H-pyrrole nitrogens is 1. The van der Waals surface area contributed by atoms with Crippen LogP contribution in [0.5, 0.6) is 5.75 Å². The van der Waals surface area contributed by atoms with Crippen molar-refractivity contribution in [3.63, 3.8) is 0 Å². The lowest BCUT2D eigenvalue weighted by Crippen LogP contribution is -1.84. The summed E-state index contributed by atoms with van der Waals surface area (Å²) in [5, 5.41) is 12.2. The Morgan fingerprint density at radius 1 is 1.05 bits per heavy atom. The van der Waals surface area contributed by atoms with Gasteiger partial charge in [0.2, 0.25) is 5.82 Å². The third kappa shape index (κ3) is 2.01. The van der Waals surface area contributed by atoms with Gasteiger partial charge in [-0.15, -0.1) is 0 Å². The molecule has 0 saturated carbocycles. The van der Waals surface area contributed by atoms with Crippen LogP contribution in [0.2, 0.25) is 0 Å². The second-order valence-corrected chi connectivity index (χ2v) is 4.77. The second kappa shape index (κ2) is 5.00. The minimum atomic E-state index is 0.392. The predicted molar refractivity (Wildman–Crippen MR) is 81.4 cm³/mol. The van der Waals surface area contributed by atoms with E-state index in [1.807, 2.05) is 48.5 Å². The zero-order valence-electron chi connectivity index (χ0n) is 11.8. The molecule has 0 spiro atoms. The molecule has 0 bridgehead atoms. The smallest absolute Gasteiger partial charge is 0.279 e. The summed E-state index contributed by atoms with van der Waals surface area (Å²) >= 11 is 0. The van der Waals surface area contributed by atoms with Crippen LogP contribution in [0.4, 0.5) is 0 Å². The van der Waals surface area contributed by atoms with Crippen molar-refractivity contribution in [3.05, 3.63) is 48.5 Å². The molecule has 4 aromatic rings. The molecular formula is C16H12N4O2. The molecule has 4 rings (SSSR count). The predicted octanol–water partition coefficient (Wildman–Crippen LogP) is 3.29. The second-order valence-electron chi connectivity index (χ2n) is 4.77. The molecule has 108 valence electrons. The first kappa shape index (κ1) is 12.6. The Labute approximate surface area is 125 Å². The maximum absolute atomic E-state index is 5.35. The lowest BCUT2D eigenvalue weighted by Gasteiger charge is -1.98. The van der Waals surface area contributed by atoms with Gasteiger partial charge in [-0.25, -0.2) is 0 Å². The van der Waals surface area contributed by atoms with Crippen molar-refractivity contribution in [2.45, 2.75) is 0 Å². The van der Waals surface area contributed by atoms with Gasteiger partial charge in [-0.1, -0.05) is 23.4 Å². The average molecular weight is 292 g/mol. The van der Waals surface area contributed by atoms with Gasteiger partial charge in [0.1, 0.15) is 5.75 Å². The number of para-hydroxylation sites is 1. The maximum Gasteiger partial charge on any atom is 0.279 e. The largest absolute Gasteiger partial charge is 0.497 e. The Hall–Kier alpha value is -3.15. The molecule has 0 saturated heterocycles. The molecular weight excluding hydrogens is 280 g/mol. The van der Waals surface area contributed by atoms with Crippen LogP contribution < -0.4 is 4.74 Å². The molecule has 22 heavy (non-hydrogen) atoms. The molecule has 2 aromatic carbocycles. The summed E-state index contributed by atoms with van der Waals surface area (Å²) in [7, 11) is 1.63. The summed E-state index contributed by atoms with van der Waals surface area (Å²) < 4.78 is 10.5. The van der Waals surface area contributed by atoms with Crippen LogP contribution in [-0.4, -0.2) is 27.4 Å². The Balaban J connectivity index is 1.74. The number of nitrogens with one attached hydrogen (secondary N) is 1. The topological polar surface area (TPSA) is 76.8 Å². The summed E-state index contributed by atoms with van der Waals surface area (Å²) in [4.78, 5) is 4.43. The van der Waals surface area contributed by atoms with Crippen molar-refractivity contribution >= 4 is 10.9 Å². The van der Waals surface area contributed by atoms with E-state index in [4.69, 9.17) is 9.26 Å². The molecule has 0 radical (unpaired) electrons. The number of hydrogen-bond donors (Lipinski definition) is 1. The van der Waals surface area contributed by atoms with Crippen molar-refractivity contribution in [3.8, 4) is 28.7 Å². The van der Waals surface area contributed by atoms with Crippen molar-refractivity contribution in [1.82, 2.24) is 20.3 Å². The molecule has 6 heteroatoms. The molecule has 0 aliphatic carbocycles. The van der Waals surface area contributed by atoms with Gasteiger partial charge in [0, 0.05) is 10.9 Å². The standard InChI is InChI=1S/C16H12N4O2/c1-21-11-8-6-10(7-9-11)15-17-16(22-20-15)14-12-4-2-3-5-13(12)18-19-14/h2-9H,1H3,(H,18,19).